The zero-order valence-corrected chi connectivity index (χ0v) is 13.5. The Morgan fingerprint density at radius 2 is 1.81 bits per heavy atom. The molecule has 1 amide bonds. The van der Waals surface area contributed by atoms with Crippen molar-refractivity contribution in [3.63, 3.8) is 0 Å². The van der Waals surface area contributed by atoms with E-state index in [4.69, 9.17) is 9.47 Å². The first-order valence-corrected chi connectivity index (χ1v) is 7.45. The molecule has 0 radical (unpaired) electrons. The van der Waals surface area contributed by atoms with E-state index in [1.165, 1.54) is 7.11 Å². The molecular weight excluding hydrogens is 270 g/mol. The van der Waals surface area contributed by atoms with Gasteiger partial charge < -0.3 is 14.8 Å². The van der Waals surface area contributed by atoms with Gasteiger partial charge in [0.05, 0.1) is 7.11 Å². The maximum atomic E-state index is 12.1. The third-order valence-electron chi connectivity index (χ3n) is 3.86. The Kier molecular flexibility index (Phi) is 5.81. The second kappa shape index (κ2) is 6.96. The van der Waals surface area contributed by atoms with Crippen LogP contribution in [0.1, 0.15) is 52.9 Å². The van der Waals surface area contributed by atoms with E-state index in [2.05, 4.69) is 11.9 Å². The molecule has 0 spiro atoms. The normalized spacial score (nSPS) is 19.2. The minimum absolute atomic E-state index is 0.456. The lowest BCUT2D eigenvalue weighted by Crippen LogP contribution is -2.54. The highest BCUT2D eigenvalue weighted by atomic mass is 16.6. The molecule has 21 heavy (non-hydrogen) atoms. The van der Waals surface area contributed by atoms with Gasteiger partial charge in [-0.2, -0.15) is 0 Å². The van der Waals surface area contributed by atoms with Crippen LogP contribution in [0.5, 0.6) is 0 Å². The van der Waals surface area contributed by atoms with Crippen molar-refractivity contribution in [1.82, 2.24) is 5.32 Å². The number of esters is 1. The Morgan fingerprint density at radius 3 is 2.24 bits per heavy atom. The summed E-state index contributed by atoms with van der Waals surface area (Å²) in [7, 11) is 1.33. The first-order chi connectivity index (χ1) is 9.74. The summed E-state index contributed by atoms with van der Waals surface area (Å²) in [5, 5.41) is 2.68. The Hall–Kier alpha value is -1.52. The number of hydrogen-bond donors (Lipinski definition) is 1. The minimum atomic E-state index is -0.754. The van der Waals surface area contributed by atoms with Gasteiger partial charge in [0, 0.05) is 5.41 Å². The molecule has 1 saturated carbocycles. The molecule has 0 bridgehead atoms. The summed E-state index contributed by atoms with van der Waals surface area (Å²) in [6.07, 6.45) is 5.95. The van der Waals surface area contributed by atoms with E-state index in [0.717, 1.165) is 32.1 Å². The van der Waals surface area contributed by atoms with Crippen LogP contribution < -0.4 is 5.32 Å². The molecule has 120 valence electrons. The molecule has 1 atom stereocenters. The predicted octanol–water partition coefficient (Wildman–Crippen LogP) is 3.19. The van der Waals surface area contributed by atoms with Gasteiger partial charge in [-0.1, -0.05) is 25.3 Å². The van der Waals surface area contributed by atoms with E-state index in [1.54, 1.807) is 26.8 Å². The van der Waals surface area contributed by atoms with Gasteiger partial charge in [-0.05, 0) is 33.6 Å². The number of alkyl carbamates (subject to hydrolysis) is 1. The molecule has 1 fully saturated rings. The SMILES string of the molecule is C=CC1(C(NC(=O)OC(C)(C)C)C(=O)OC)CCCCC1. The first-order valence-electron chi connectivity index (χ1n) is 7.45. The van der Waals surface area contributed by atoms with E-state index < -0.39 is 29.1 Å². The molecule has 5 nitrogen and oxygen atoms in total. The maximum absolute atomic E-state index is 12.1. The van der Waals surface area contributed by atoms with Crippen LogP contribution in [-0.4, -0.2) is 30.8 Å². The Bertz CT molecular complexity index is 392. The molecule has 1 aliphatic carbocycles. The van der Waals surface area contributed by atoms with Crippen molar-refractivity contribution in [2.24, 2.45) is 5.41 Å². The number of methoxy groups -OCH3 is 1. The van der Waals surface area contributed by atoms with Gasteiger partial charge in [-0.3, -0.25) is 0 Å². The van der Waals surface area contributed by atoms with Gasteiger partial charge in [0.2, 0.25) is 0 Å². The van der Waals surface area contributed by atoms with Crippen LogP contribution in [-0.2, 0) is 14.3 Å². The van der Waals surface area contributed by atoms with Crippen molar-refractivity contribution >= 4 is 12.1 Å². The maximum Gasteiger partial charge on any atom is 0.408 e. The number of rotatable bonds is 4. The second-order valence-electron chi connectivity index (χ2n) is 6.60. The highest BCUT2D eigenvalue weighted by Crippen LogP contribution is 2.40. The number of nitrogens with one attached hydrogen (secondary N) is 1. The summed E-state index contributed by atoms with van der Waals surface area (Å²) in [6, 6.07) is -0.754. The Balaban J connectivity index is 2.92. The van der Waals surface area contributed by atoms with Crippen molar-refractivity contribution in [2.75, 3.05) is 7.11 Å². The smallest absolute Gasteiger partial charge is 0.408 e. The largest absolute Gasteiger partial charge is 0.467 e. The zero-order chi connectivity index (χ0) is 16.1. The average Bonchev–Trinajstić information content (AvgIpc) is 2.43. The summed E-state index contributed by atoms with van der Waals surface area (Å²) in [5.74, 6) is -0.456. The quantitative estimate of drug-likeness (QED) is 0.639. The van der Waals surface area contributed by atoms with Crippen LogP contribution in [0.15, 0.2) is 12.7 Å². The van der Waals surface area contributed by atoms with Crippen molar-refractivity contribution in [1.29, 1.82) is 0 Å². The fourth-order valence-corrected chi connectivity index (χ4v) is 2.80. The lowest BCUT2D eigenvalue weighted by molar-refractivity contribution is -0.146. The second-order valence-corrected chi connectivity index (χ2v) is 6.60. The summed E-state index contributed by atoms with van der Waals surface area (Å²) >= 11 is 0. The van der Waals surface area contributed by atoms with Gasteiger partial charge in [0.15, 0.2) is 0 Å². The summed E-state index contributed by atoms with van der Waals surface area (Å²) in [4.78, 5) is 24.2. The lowest BCUT2D eigenvalue weighted by atomic mass is 9.69. The van der Waals surface area contributed by atoms with Crippen molar-refractivity contribution in [3.05, 3.63) is 12.7 Å². The molecule has 0 heterocycles. The molecule has 0 saturated heterocycles. The van der Waals surface area contributed by atoms with E-state index in [1.807, 2.05) is 0 Å². The predicted molar refractivity (Wildman–Crippen MR) is 80.9 cm³/mol. The van der Waals surface area contributed by atoms with Crippen LogP contribution >= 0.6 is 0 Å². The van der Waals surface area contributed by atoms with Gasteiger partial charge in [0.25, 0.3) is 0 Å². The third-order valence-corrected chi connectivity index (χ3v) is 3.86. The summed E-state index contributed by atoms with van der Waals surface area (Å²) in [6.45, 7) is 9.22. The van der Waals surface area contributed by atoms with E-state index in [0.29, 0.717) is 0 Å². The summed E-state index contributed by atoms with van der Waals surface area (Å²) < 4.78 is 10.1. The molecule has 5 heteroatoms. The van der Waals surface area contributed by atoms with Gasteiger partial charge in [-0.25, -0.2) is 9.59 Å². The average molecular weight is 297 g/mol. The monoisotopic (exact) mass is 297 g/mol. The highest BCUT2D eigenvalue weighted by Gasteiger charge is 2.43. The van der Waals surface area contributed by atoms with Crippen LogP contribution in [0.4, 0.5) is 4.79 Å². The third kappa shape index (κ3) is 4.76. The molecule has 0 aromatic carbocycles. The summed E-state index contributed by atoms with van der Waals surface area (Å²) in [5.41, 5.74) is -1.07. The number of ether oxygens (including phenoxy) is 2. The van der Waals surface area contributed by atoms with Crippen molar-refractivity contribution in [2.45, 2.75) is 64.5 Å². The molecular formula is C16H27NO4. The number of carbonyl (C=O) groups excluding carboxylic acids is 2. The van der Waals surface area contributed by atoms with Gasteiger partial charge in [0.1, 0.15) is 11.6 Å². The van der Waals surface area contributed by atoms with E-state index in [9.17, 15) is 9.59 Å². The van der Waals surface area contributed by atoms with E-state index in [-0.39, 0.29) is 0 Å². The zero-order valence-electron chi connectivity index (χ0n) is 13.5. The molecule has 1 N–H and O–H groups in total. The molecule has 1 unspecified atom stereocenters. The molecule has 0 aliphatic heterocycles. The molecule has 1 rings (SSSR count). The number of hydrogen-bond acceptors (Lipinski definition) is 4. The van der Waals surface area contributed by atoms with Gasteiger partial charge >= 0.3 is 12.1 Å². The van der Waals surface area contributed by atoms with Crippen LogP contribution in [0.3, 0.4) is 0 Å². The fraction of sp³-hybridized carbons (Fsp3) is 0.750. The van der Waals surface area contributed by atoms with E-state index >= 15 is 0 Å². The van der Waals surface area contributed by atoms with Crippen LogP contribution in [0.25, 0.3) is 0 Å². The molecule has 0 aromatic rings. The Morgan fingerprint density at radius 1 is 1.24 bits per heavy atom. The lowest BCUT2D eigenvalue weighted by Gasteiger charge is -2.40. The fourth-order valence-electron chi connectivity index (χ4n) is 2.80. The van der Waals surface area contributed by atoms with Gasteiger partial charge in [-0.15, -0.1) is 6.58 Å². The van der Waals surface area contributed by atoms with Crippen molar-refractivity contribution < 1.29 is 19.1 Å². The number of carbonyl (C=O) groups is 2. The van der Waals surface area contributed by atoms with Crippen LogP contribution in [0, 0.1) is 5.41 Å². The van der Waals surface area contributed by atoms with Crippen molar-refractivity contribution in [3.8, 4) is 0 Å². The Labute approximate surface area is 127 Å². The highest BCUT2D eigenvalue weighted by molar-refractivity contribution is 5.82. The first kappa shape index (κ1) is 17.5. The molecule has 0 aromatic heterocycles. The minimum Gasteiger partial charge on any atom is -0.467 e. The topological polar surface area (TPSA) is 64.6 Å². The number of amides is 1. The molecule has 1 aliphatic rings. The van der Waals surface area contributed by atoms with Crippen LogP contribution in [0.2, 0.25) is 0 Å². The standard InChI is InChI=1S/C16H27NO4/c1-6-16(10-8-7-9-11-16)12(13(18)20-5)17-14(19)21-15(2,3)4/h6,12H,1,7-11H2,2-5H3,(H,17,19).